The summed E-state index contributed by atoms with van der Waals surface area (Å²) in [5.41, 5.74) is 0.882. The lowest BCUT2D eigenvalue weighted by Crippen LogP contribution is -2.49. The number of amides is 2. The van der Waals surface area contributed by atoms with E-state index in [9.17, 15) is 9.59 Å². The Hall–Kier alpha value is -3.00. The third-order valence-corrected chi connectivity index (χ3v) is 5.89. The highest BCUT2D eigenvalue weighted by Gasteiger charge is 2.21. The number of benzene rings is 1. The fourth-order valence-corrected chi connectivity index (χ4v) is 4.27. The zero-order chi connectivity index (χ0) is 20.1. The summed E-state index contributed by atoms with van der Waals surface area (Å²) < 4.78 is 1.04. The molecular formula is C21H23N5O2S. The van der Waals surface area contributed by atoms with Crippen LogP contribution in [0.1, 0.15) is 19.3 Å². The van der Waals surface area contributed by atoms with E-state index in [-0.39, 0.29) is 11.8 Å². The normalized spacial score (nSPS) is 14.2. The maximum Gasteiger partial charge on any atom is 0.226 e. The molecule has 1 aromatic carbocycles. The topological polar surface area (TPSA) is 78.4 Å². The van der Waals surface area contributed by atoms with Crippen molar-refractivity contribution in [2.75, 3.05) is 36.4 Å². The summed E-state index contributed by atoms with van der Waals surface area (Å²) in [4.78, 5) is 37.4. The van der Waals surface area contributed by atoms with E-state index in [2.05, 4.69) is 20.2 Å². The summed E-state index contributed by atoms with van der Waals surface area (Å²) in [6.07, 6.45) is 3.02. The lowest BCUT2D eigenvalue weighted by molar-refractivity contribution is -0.131. The Morgan fingerprint density at radius 2 is 1.79 bits per heavy atom. The van der Waals surface area contributed by atoms with Crippen molar-refractivity contribution in [1.82, 2.24) is 14.9 Å². The van der Waals surface area contributed by atoms with Crippen LogP contribution in [0.15, 0.2) is 48.7 Å². The molecule has 1 aliphatic heterocycles. The van der Waals surface area contributed by atoms with Gasteiger partial charge in [-0.1, -0.05) is 29.5 Å². The van der Waals surface area contributed by atoms with Crippen LogP contribution in [-0.4, -0.2) is 52.9 Å². The molecule has 0 aliphatic carbocycles. The first kappa shape index (κ1) is 19.3. The zero-order valence-corrected chi connectivity index (χ0v) is 16.9. The second kappa shape index (κ2) is 9.00. The molecule has 1 saturated heterocycles. The zero-order valence-electron chi connectivity index (χ0n) is 16.1. The Morgan fingerprint density at radius 1 is 1.00 bits per heavy atom. The largest absolute Gasteiger partial charge is 0.353 e. The van der Waals surface area contributed by atoms with Gasteiger partial charge in [0.05, 0.1) is 10.2 Å². The van der Waals surface area contributed by atoms with Crippen LogP contribution in [-0.2, 0) is 9.59 Å². The van der Waals surface area contributed by atoms with Gasteiger partial charge in [0.15, 0.2) is 5.13 Å². The number of carbonyl (C=O) groups excluding carboxylic acids is 2. The minimum atomic E-state index is -0.100. The lowest BCUT2D eigenvalue weighted by atomic mass is 10.2. The van der Waals surface area contributed by atoms with Crippen molar-refractivity contribution in [1.29, 1.82) is 0 Å². The number of hydrogen-bond donors (Lipinski definition) is 1. The van der Waals surface area contributed by atoms with Gasteiger partial charge < -0.3 is 15.1 Å². The molecule has 0 atom stereocenters. The fraction of sp³-hybridized carbons (Fsp3) is 0.333. The summed E-state index contributed by atoms with van der Waals surface area (Å²) in [6.45, 7) is 2.93. The number of nitrogens with one attached hydrogen (secondary N) is 1. The van der Waals surface area contributed by atoms with Gasteiger partial charge in [0.1, 0.15) is 5.82 Å². The summed E-state index contributed by atoms with van der Waals surface area (Å²) >= 11 is 1.46. The highest BCUT2D eigenvalue weighted by atomic mass is 32.1. The first-order chi connectivity index (χ1) is 14.2. The Labute approximate surface area is 173 Å². The number of para-hydroxylation sites is 1. The Kier molecular flexibility index (Phi) is 6.00. The van der Waals surface area contributed by atoms with Gasteiger partial charge in [0.25, 0.3) is 0 Å². The van der Waals surface area contributed by atoms with Crippen LogP contribution in [0.3, 0.4) is 0 Å². The first-order valence-electron chi connectivity index (χ1n) is 9.78. The molecule has 150 valence electrons. The number of thiazole rings is 1. The lowest BCUT2D eigenvalue weighted by Gasteiger charge is -2.35. The minimum absolute atomic E-state index is 0.100. The molecule has 3 aromatic rings. The number of anilines is 2. The molecule has 7 nitrogen and oxygen atoms in total. The van der Waals surface area contributed by atoms with E-state index in [1.807, 2.05) is 47.4 Å². The number of aromatic nitrogens is 2. The molecule has 0 radical (unpaired) electrons. The number of piperazine rings is 1. The number of rotatable bonds is 6. The van der Waals surface area contributed by atoms with Crippen molar-refractivity contribution < 1.29 is 9.59 Å². The van der Waals surface area contributed by atoms with E-state index < -0.39 is 0 Å². The van der Waals surface area contributed by atoms with Crippen LogP contribution in [0.2, 0.25) is 0 Å². The molecule has 0 saturated carbocycles. The van der Waals surface area contributed by atoms with Crippen molar-refractivity contribution in [3.8, 4) is 0 Å². The molecule has 1 fully saturated rings. The van der Waals surface area contributed by atoms with Crippen LogP contribution in [0.5, 0.6) is 0 Å². The van der Waals surface area contributed by atoms with Gasteiger partial charge in [-0.15, -0.1) is 0 Å². The monoisotopic (exact) mass is 409 g/mol. The Balaban J connectivity index is 1.18. The molecule has 0 unspecified atom stereocenters. The van der Waals surface area contributed by atoms with Gasteiger partial charge in [-0.05, 0) is 30.7 Å². The SMILES string of the molecule is O=C(CCCC(=O)N1CCN(c2ccccn2)CC1)Nc1nc2ccccc2s1. The average Bonchev–Trinajstić information content (AvgIpc) is 3.16. The molecule has 29 heavy (non-hydrogen) atoms. The molecule has 0 bridgehead atoms. The Morgan fingerprint density at radius 3 is 2.55 bits per heavy atom. The summed E-state index contributed by atoms with van der Waals surface area (Å²) in [5.74, 6) is 0.960. The number of pyridine rings is 1. The molecule has 1 aliphatic rings. The van der Waals surface area contributed by atoms with Gasteiger partial charge in [0, 0.05) is 45.2 Å². The van der Waals surface area contributed by atoms with Crippen LogP contribution in [0.4, 0.5) is 10.9 Å². The van der Waals surface area contributed by atoms with E-state index >= 15 is 0 Å². The fourth-order valence-electron chi connectivity index (χ4n) is 3.39. The second-order valence-electron chi connectivity index (χ2n) is 6.94. The van der Waals surface area contributed by atoms with Crippen molar-refractivity contribution in [2.45, 2.75) is 19.3 Å². The Bertz CT molecular complexity index is 950. The van der Waals surface area contributed by atoms with E-state index in [1.54, 1.807) is 6.20 Å². The van der Waals surface area contributed by atoms with Crippen LogP contribution in [0.25, 0.3) is 10.2 Å². The van der Waals surface area contributed by atoms with Gasteiger partial charge in [0.2, 0.25) is 11.8 Å². The quantitative estimate of drug-likeness (QED) is 0.677. The molecular weight excluding hydrogens is 386 g/mol. The molecule has 2 amide bonds. The van der Waals surface area contributed by atoms with Crippen LogP contribution < -0.4 is 10.2 Å². The molecule has 4 rings (SSSR count). The summed E-state index contributed by atoms with van der Waals surface area (Å²) in [5, 5.41) is 3.44. The van der Waals surface area contributed by atoms with Gasteiger partial charge in [-0.2, -0.15) is 0 Å². The predicted octanol–water partition coefficient (Wildman–Crippen LogP) is 3.15. The average molecular weight is 410 g/mol. The van der Waals surface area contributed by atoms with Gasteiger partial charge in [-0.25, -0.2) is 9.97 Å². The van der Waals surface area contributed by atoms with E-state index in [1.165, 1.54) is 11.3 Å². The number of hydrogen-bond acceptors (Lipinski definition) is 6. The molecule has 8 heteroatoms. The van der Waals surface area contributed by atoms with Crippen molar-refractivity contribution in [3.63, 3.8) is 0 Å². The van der Waals surface area contributed by atoms with Crippen molar-refractivity contribution in [3.05, 3.63) is 48.7 Å². The van der Waals surface area contributed by atoms with E-state index in [4.69, 9.17) is 0 Å². The smallest absolute Gasteiger partial charge is 0.226 e. The highest BCUT2D eigenvalue weighted by Crippen LogP contribution is 2.25. The van der Waals surface area contributed by atoms with Gasteiger partial charge in [-0.3, -0.25) is 9.59 Å². The third kappa shape index (κ3) is 4.89. The predicted molar refractivity (Wildman–Crippen MR) is 115 cm³/mol. The van der Waals surface area contributed by atoms with Crippen LogP contribution in [0, 0.1) is 0 Å². The summed E-state index contributed by atoms with van der Waals surface area (Å²) in [7, 11) is 0. The van der Waals surface area contributed by atoms with Crippen molar-refractivity contribution in [2.24, 2.45) is 0 Å². The third-order valence-electron chi connectivity index (χ3n) is 4.94. The van der Waals surface area contributed by atoms with E-state index in [0.29, 0.717) is 37.5 Å². The molecule has 2 aromatic heterocycles. The maximum absolute atomic E-state index is 12.4. The van der Waals surface area contributed by atoms with E-state index in [0.717, 1.165) is 29.1 Å². The molecule has 3 heterocycles. The van der Waals surface area contributed by atoms with Crippen molar-refractivity contribution >= 4 is 44.3 Å². The standard InChI is InChI=1S/C21H23N5O2S/c27-19(24-21-23-16-6-1-2-7-17(16)29-21)9-5-10-20(28)26-14-12-25(13-15-26)18-8-3-4-11-22-18/h1-4,6-8,11H,5,9-10,12-15H2,(H,23,24,27). The van der Waals surface area contributed by atoms with Gasteiger partial charge >= 0.3 is 0 Å². The molecule has 0 spiro atoms. The minimum Gasteiger partial charge on any atom is -0.353 e. The number of carbonyl (C=O) groups is 2. The first-order valence-corrected chi connectivity index (χ1v) is 10.6. The van der Waals surface area contributed by atoms with Crippen LogP contribution >= 0.6 is 11.3 Å². The highest BCUT2D eigenvalue weighted by molar-refractivity contribution is 7.22. The number of nitrogens with zero attached hydrogens (tertiary/aromatic N) is 4. The number of fused-ring (bicyclic) bond motifs is 1. The summed E-state index contributed by atoms with van der Waals surface area (Å²) in [6, 6.07) is 13.6. The molecule has 1 N–H and O–H groups in total. The second-order valence-corrected chi connectivity index (χ2v) is 7.97. The maximum atomic E-state index is 12.4.